The molecule has 0 saturated heterocycles. The van der Waals surface area contributed by atoms with Gasteiger partial charge >= 0.3 is 0 Å². The third-order valence-corrected chi connectivity index (χ3v) is 5.05. The number of hydrogen-bond donors (Lipinski definition) is 0. The summed E-state index contributed by atoms with van der Waals surface area (Å²) in [6.45, 7) is 5.35. The van der Waals surface area contributed by atoms with Gasteiger partial charge in [0, 0.05) is 17.7 Å². The topological polar surface area (TPSA) is 27.7 Å². The standard InChI is InChI=1S/C24H25N2/c1-3-20(4-2)21-13-15-26(16-14-21)18-19-9-11-22(12-10-19)24-8-6-5-7-23(24)17-25/h5-16,20H,3-4,18H2,1-2H3/q+1. The number of pyridine rings is 1. The third-order valence-electron chi connectivity index (χ3n) is 5.05. The van der Waals surface area contributed by atoms with Crippen LogP contribution in [-0.4, -0.2) is 0 Å². The minimum absolute atomic E-state index is 0.657. The summed E-state index contributed by atoms with van der Waals surface area (Å²) >= 11 is 0. The molecule has 1 aromatic heterocycles. The van der Waals surface area contributed by atoms with Crippen molar-refractivity contribution in [3.63, 3.8) is 0 Å². The quantitative estimate of drug-likeness (QED) is 0.547. The van der Waals surface area contributed by atoms with Crippen LogP contribution in [0.3, 0.4) is 0 Å². The summed E-state index contributed by atoms with van der Waals surface area (Å²) in [5, 5.41) is 9.27. The van der Waals surface area contributed by atoms with Crippen molar-refractivity contribution in [1.82, 2.24) is 0 Å². The minimum Gasteiger partial charge on any atom is -0.201 e. The number of hydrogen-bond acceptors (Lipinski definition) is 1. The Labute approximate surface area is 156 Å². The number of rotatable bonds is 6. The lowest BCUT2D eigenvalue weighted by atomic mass is 9.95. The molecule has 0 amide bonds. The highest BCUT2D eigenvalue weighted by Gasteiger charge is 2.10. The van der Waals surface area contributed by atoms with Crippen molar-refractivity contribution in [2.24, 2.45) is 0 Å². The summed E-state index contributed by atoms with van der Waals surface area (Å²) in [5.74, 6) is 0.657. The maximum absolute atomic E-state index is 9.27. The van der Waals surface area contributed by atoms with Crippen molar-refractivity contribution in [2.75, 3.05) is 0 Å². The van der Waals surface area contributed by atoms with E-state index in [4.69, 9.17) is 0 Å². The Bertz CT molecular complexity index is 883. The molecule has 0 bridgehead atoms. The fraction of sp³-hybridized carbons (Fsp3) is 0.250. The zero-order chi connectivity index (χ0) is 18.4. The van der Waals surface area contributed by atoms with E-state index in [-0.39, 0.29) is 0 Å². The molecular weight excluding hydrogens is 316 g/mol. The Balaban J connectivity index is 1.75. The number of aromatic nitrogens is 1. The average Bonchev–Trinajstić information content (AvgIpc) is 2.71. The van der Waals surface area contributed by atoms with Crippen LogP contribution in [-0.2, 0) is 6.54 Å². The van der Waals surface area contributed by atoms with Crippen molar-refractivity contribution < 1.29 is 4.57 Å². The third kappa shape index (κ3) is 4.00. The molecule has 0 radical (unpaired) electrons. The largest absolute Gasteiger partial charge is 0.201 e. The summed E-state index contributed by atoms with van der Waals surface area (Å²) in [4.78, 5) is 0. The summed E-state index contributed by atoms with van der Waals surface area (Å²) < 4.78 is 2.21. The lowest BCUT2D eigenvalue weighted by molar-refractivity contribution is -0.688. The van der Waals surface area contributed by atoms with Crippen molar-refractivity contribution in [2.45, 2.75) is 39.2 Å². The van der Waals surface area contributed by atoms with Gasteiger partial charge in [-0.05, 0) is 41.5 Å². The highest BCUT2D eigenvalue weighted by atomic mass is 14.9. The summed E-state index contributed by atoms with van der Waals surface area (Å²) in [6.07, 6.45) is 6.72. The van der Waals surface area contributed by atoms with Gasteiger partial charge < -0.3 is 0 Å². The van der Waals surface area contributed by atoms with Gasteiger partial charge in [0.15, 0.2) is 18.9 Å². The van der Waals surface area contributed by atoms with E-state index < -0.39 is 0 Å². The fourth-order valence-corrected chi connectivity index (χ4v) is 3.44. The van der Waals surface area contributed by atoms with E-state index in [9.17, 15) is 5.26 Å². The van der Waals surface area contributed by atoms with E-state index in [2.05, 4.69) is 73.3 Å². The molecule has 130 valence electrons. The molecule has 3 aromatic rings. The first-order chi connectivity index (χ1) is 12.7. The predicted molar refractivity (Wildman–Crippen MR) is 106 cm³/mol. The molecule has 0 atom stereocenters. The highest BCUT2D eigenvalue weighted by molar-refractivity contribution is 5.70. The molecule has 1 heterocycles. The second kappa shape index (κ2) is 8.45. The Hall–Kier alpha value is -2.92. The molecule has 2 aromatic carbocycles. The zero-order valence-corrected chi connectivity index (χ0v) is 15.5. The SMILES string of the molecule is CCC(CC)c1cc[n+](Cc2ccc(-c3ccccc3C#N)cc2)cc1. The van der Waals surface area contributed by atoms with Crippen LogP contribution in [0.1, 0.15) is 49.3 Å². The molecule has 0 unspecified atom stereocenters. The Morgan fingerprint density at radius 1 is 0.885 bits per heavy atom. The summed E-state index contributed by atoms with van der Waals surface area (Å²) in [6, 6.07) is 23.0. The maximum atomic E-state index is 9.27. The summed E-state index contributed by atoms with van der Waals surface area (Å²) in [5.41, 5.74) is 5.47. The van der Waals surface area contributed by atoms with Crippen LogP contribution in [0.4, 0.5) is 0 Å². The molecule has 0 aliphatic heterocycles. The van der Waals surface area contributed by atoms with Crippen LogP contribution in [0.5, 0.6) is 0 Å². The highest BCUT2D eigenvalue weighted by Crippen LogP contribution is 2.24. The Morgan fingerprint density at radius 2 is 1.54 bits per heavy atom. The van der Waals surface area contributed by atoms with Gasteiger partial charge in [-0.25, -0.2) is 4.57 Å². The second-order valence-electron chi connectivity index (χ2n) is 6.67. The first-order valence-corrected chi connectivity index (χ1v) is 9.32. The minimum atomic E-state index is 0.657. The number of nitriles is 1. The monoisotopic (exact) mass is 341 g/mol. The molecule has 0 aliphatic rings. The smallest absolute Gasteiger partial charge is 0.173 e. The van der Waals surface area contributed by atoms with Crippen LogP contribution in [0.25, 0.3) is 11.1 Å². The van der Waals surface area contributed by atoms with E-state index in [0.717, 1.165) is 17.7 Å². The molecule has 26 heavy (non-hydrogen) atoms. The molecule has 0 aliphatic carbocycles. The van der Waals surface area contributed by atoms with Crippen LogP contribution >= 0.6 is 0 Å². The average molecular weight is 341 g/mol. The molecule has 3 rings (SSSR count). The maximum Gasteiger partial charge on any atom is 0.173 e. The number of nitrogens with zero attached hydrogens (tertiary/aromatic N) is 2. The van der Waals surface area contributed by atoms with Crippen LogP contribution < -0.4 is 4.57 Å². The van der Waals surface area contributed by atoms with Gasteiger partial charge in [-0.15, -0.1) is 0 Å². The summed E-state index contributed by atoms with van der Waals surface area (Å²) in [7, 11) is 0. The molecule has 2 nitrogen and oxygen atoms in total. The molecule has 0 N–H and O–H groups in total. The van der Waals surface area contributed by atoms with Gasteiger partial charge in [-0.3, -0.25) is 0 Å². The van der Waals surface area contributed by atoms with E-state index >= 15 is 0 Å². The predicted octanol–water partition coefficient (Wildman–Crippen LogP) is 5.46. The van der Waals surface area contributed by atoms with Gasteiger partial charge in [0.1, 0.15) is 0 Å². The lowest BCUT2D eigenvalue weighted by Gasteiger charge is -2.11. The molecule has 0 spiro atoms. The van der Waals surface area contributed by atoms with Gasteiger partial charge in [0.25, 0.3) is 0 Å². The first-order valence-electron chi connectivity index (χ1n) is 9.32. The van der Waals surface area contributed by atoms with E-state index in [0.29, 0.717) is 11.5 Å². The van der Waals surface area contributed by atoms with E-state index in [1.165, 1.54) is 24.0 Å². The molecule has 2 heteroatoms. The van der Waals surface area contributed by atoms with Crippen molar-refractivity contribution >= 4 is 0 Å². The van der Waals surface area contributed by atoms with Gasteiger partial charge in [0.05, 0.1) is 11.6 Å². The van der Waals surface area contributed by atoms with Crippen molar-refractivity contribution in [3.8, 4) is 17.2 Å². The first kappa shape index (κ1) is 17.9. The van der Waals surface area contributed by atoms with E-state index in [1.807, 2.05) is 24.3 Å². The normalized spacial score (nSPS) is 10.7. The van der Waals surface area contributed by atoms with Crippen molar-refractivity contribution in [3.05, 3.63) is 89.7 Å². The van der Waals surface area contributed by atoms with Crippen molar-refractivity contribution in [1.29, 1.82) is 5.26 Å². The Kier molecular flexibility index (Phi) is 5.81. The lowest BCUT2D eigenvalue weighted by Crippen LogP contribution is -2.33. The van der Waals surface area contributed by atoms with E-state index in [1.54, 1.807) is 0 Å². The molecule has 0 saturated carbocycles. The Morgan fingerprint density at radius 3 is 2.15 bits per heavy atom. The van der Waals surface area contributed by atoms with Gasteiger partial charge in [-0.2, -0.15) is 5.26 Å². The molecule has 0 fully saturated rings. The zero-order valence-electron chi connectivity index (χ0n) is 15.5. The van der Waals surface area contributed by atoms with Gasteiger partial charge in [-0.1, -0.05) is 56.3 Å². The number of benzene rings is 2. The molecular formula is C24H25N2+. The van der Waals surface area contributed by atoms with Gasteiger partial charge in [0.2, 0.25) is 0 Å². The van der Waals surface area contributed by atoms with Crippen LogP contribution in [0, 0.1) is 11.3 Å². The fourth-order valence-electron chi connectivity index (χ4n) is 3.44. The second-order valence-corrected chi connectivity index (χ2v) is 6.67. The van der Waals surface area contributed by atoms with Crippen LogP contribution in [0.15, 0.2) is 73.1 Å². The van der Waals surface area contributed by atoms with Crippen LogP contribution in [0.2, 0.25) is 0 Å².